The molecule has 2 amide bonds. The number of hydrogen-bond donors (Lipinski definition) is 3. The monoisotopic (exact) mass is 292 g/mol. The minimum atomic E-state index is -0.511. The van der Waals surface area contributed by atoms with Gasteiger partial charge in [0.2, 0.25) is 11.8 Å². The summed E-state index contributed by atoms with van der Waals surface area (Å²) in [6.07, 6.45) is 0. The molecule has 0 bridgehead atoms. The molecule has 1 unspecified atom stereocenters. The number of nitrogens with zero attached hydrogens (tertiary/aromatic N) is 1. The van der Waals surface area contributed by atoms with Crippen molar-refractivity contribution in [3.63, 3.8) is 0 Å². The van der Waals surface area contributed by atoms with Crippen molar-refractivity contribution in [2.45, 2.75) is 12.6 Å². The van der Waals surface area contributed by atoms with E-state index in [0.717, 1.165) is 5.56 Å². The Labute approximate surface area is 123 Å². The topological polar surface area (TPSA) is 111 Å². The maximum Gasteiger partial charge on any atom is 0.248 e. The molecule has 0 spiro atoms. The molecule has 7 heteroatoms. The van der Waals surface area contributed by atoms with Gasteiger partial charge in [-0.3, -0.25) is 14.5 Å². The van der Waals surface area contributed by atoms with Crippen LogP contribution in [0.15, 0.2) is 18.2 Å². The molecule has 1 aliphatic heterocycles. The van der Waals surface area contributed by atoms with Crippen molar-refractivity contribution < 1.29 is 14.3 Å². The van der Waals surface area contributed by atoms with Gasteiger partial charge >= 0.3 is 0 Å². The van der Waals surface area contributed by atoms with Crippen LogP contribution in [0.25, 0.3) is 0 Å². The van der Waals surface area contributed by atoms with Crippen LogP contribution in [0.1, 0.15) is 15.9 Å². The summed E-state index contributed by atoms with van der Waals surface area (Å²) >= 11 is 0. The van der Waals surface area contributed by atoms with E-state index in [1.54, 1.807) is 25.2 Å². The number of rotatable bonds is 4. The summed E-state index contributed by atoms with van der Waals surface area (Å²) in [5.74, 6) is -0.593. The Morgan fingerprint density at radius 3 is 2.86 bits per heavy atom. The fourth-order valence-electron chi connectivity index (χ4n) is 2.35. The van der Waals surface area contributed by atoms with E-state index < -0.39 is 5.91 Å². The summed E-state index contributed by atoms with van der Waals surface area (Å²) in [5, 5.41) is 2.64. The van der Waals surface area contributed by atoms with E-state index >= 15 is 0 Å². The summed E-state index contributed by atoms with van der Waals surface area (Å²) in [6.45, 7) is 2.10. The van der Waals surface area contributed by atoms with Crippen LogP contribution < -0.4 is 16.8 Å². The lowest BCUT2D eigenvalue weighted by Crippen LogP contribution is -2.52. The fraction of sp³-hybridized carbons (Fsp3) is 0.429. The predicted molar refractivity (Wildman–Crippen MR) is 78.5 cm³/mol. The van der Waals surface area contributed by atoms with E-state index in [0.29, 0.717) is 37.6 Å². The van der Waals surface area contributed by atoms with E-state index in [-0.39, 0.29) is 11.9 Å². The quantitative estimate of drug-likeness (QED) is 0.636. The molecular formula is C14H20N4O3. The van der Waals surface area contributed by atoms with E-state index in [2.05, 4.69) is 5.32 Å². The standard InChI is InChI=1S/C14H20N4O3/c1-17-14(20)12-8-21-5-4-18(12)7-10-3-2-9(13(16)19)6-11(10)15/h2-3,6,12H,4-5,7-8,15H2,1H3,(H2,16,19)(H,17,20). The second kappa shape index (κ2) is 6.55. The van der Waals surface area contributed by atoms with E-state index in [4.69, 9.17) is 16.2 Å². The van der Waals surface area contributed by atoms with Gasteiger partial charge in [0.15, 0.2) is 0 Å². The van der Waals surface area contributed by atoms with Gasteiger partial charge in [0.1, 0.15) is 6.04 Å². The van der Waals surface area contributed by atoms with Crippen LogP contribution in [0.5, 0.6) is 0 Å². The molecule has 5 N–H and O–H groups in total. The highest BCUT2D eigenvalue weighted by molar-refractivity contribution is 5.93. The molecule has 1 heterocycles. The molecule has 1 aromatic carbocycles. The van der Waals surface area contributed by atoms with Crippen molar-refractivity contribution >= 4 is 17.5 Å². The molecule has 1 aliphatic rings. The number of hydrogen-bond acceptors (Lipinski definition) is 5. The molecule has 21 heavy (non-hydrogen) atoms. The number of nitrogens with two attached hydrogens (primary N) is 2. The first-order valence-corrected chi connectivity index (χ1v) is 6.74. The molecule has 114 valence electrons. The van der Waals surface area contributed by atoms with Crippen LogP contribution >= 0.6 is 0 Å². The van der Waals surface area contributed by atoms with Gasteiger partial charge in [-0.25, -0.2) is 0 Å². The number of nitrogens with one attached hydrogen (secondary N) is 1. The van der Waals surface area contributed by atoms with Gasteiger partial charge in [0.25, 0.3) is 0 Å². The number of likely N-dealkylation sites (N-methyl/N-ethyl adjacent to an activating group) is 1. The van der Waals surface area contributed by atoms with Gasteiger partial charge in [0.05, 0.1) is 13.2 Å². The summed E-state index contributed by atoms with van der Waals surface area (Å²) in [5.41, 5.74) is 12.9. The maximum atomic E-state index is 11.9. The third kappa shape index (κ3) is 3.50. The highest BCUT2D eigenvalue weighted by Crippen LogP contribution is 2.19. The molecular weight excluding hydrogens is 272 g/mol. The summed E-state index contributed by atoms with van der Waals surface area (Å²) in [4.78, 5) is 25.0. The number of ether oxygens (including phenoxy) is 1. The lowest BCUT2D eigenvalue weighted by molar-refractivity contribution is -0.132. The minimum absolute atomic E-state index is 0.0815. The van der Waals surface area contributed by atoms with Crippen LogP contribution in [-0.4, -0.2) is 49.6 Å². The van der Waals surface area contributed by atoms with Crippen molar-refractivity contribution in [3.8, 4) is 0 Å². The second-order valence-corrected chi connectivity index (χ2v) is 4.95. The van der Waals surface area contributed by atoms with Crippen molar-refractivity contribution in [2.75, 3.05) is 32.5 Å². The zero-order valence-electron chi connectivity index (χ0n) is 12.0. The van der Waals surface area contributed by atoms with Gasteiger partial charge in [-0.05, 0) is 17.7 Å². The first kappa shape index (κ1) is 15.3. The van der Waals surface area contributed by atoms with Crippen molar-refractivity contribution in [2.24, 2.45) is 5.73 Å². The normalized spacial score (nSPS) is 19.2. The van der Waals surface area contributed by atoms with Gasteiger partial charge in [-0.1, -0.05) is 6.07 Å². The first-order valence-electron chi connectivity index (χ1n) is 6.74. The highest BCUT2D eigenvalue weighted by Gasteiger charge is 2.29. The Balaban J connectivity index is 2.15. The predicted octanol–water partition coefficient (Wildman–Crippen LogP) is -0.685. The Hall–Kier alpha value is -2.12. The van der Waals surface area contributed by atoms with Crippen LogP contribution in [0.2, 0.25) is 0 Å². The van der Waals surface area contributed by atoms with Gasteiger partial charge in [-0.15, -0.1) is 0 Å². The zero-order valence-corrected chi connectivity index (χ0v) is 12.0. The fourth-order valence-corrected chi connectivity index (χ4v) is 2.35. The molecule has 0 saturated carbocycles. The minimum Gasteiger partial charge on any atom is -0.398 e. The Kier molecular flexibility index (Phi) is 4.77. The number of carbonyl (C=O) groups excluding carboxylic acids is 2. The third-order valence-electron chi connectivity index (χ3n) is 3.59. The molecule has 1 saturated heterocycles. The van der Waals surface area contributed by atoms with E-state index in [9.17, 15) is 9.59 Å². The molecule has 7 nitrogen and oxygen atoms in total. The second-order valence-electron chi connectivity index (χ2n) is 4.95. The molecule has 1 atom stereocenters. The summed E-state index contributed by atoms with van der Waals surface area (Å²) in [6, 6.07) is 4.64. The van der Waals surface area contributed by atoms with Crippen molar-refractivity contribution in [1.29, 1.82) is 0 Å². The number of amides is 2. The van der Waals surface area contributed by atoms with E-state index in [1.165, 1.54) is 0 Å². The molecule has 0 aliphatic carbocycles. The SMILES string of the molecule is CNC(=O)C1COCCN1Cc1ccc(C(N)=O)cc1N. The molecule has 1 fully saturated rings. The van der Waals surface area contributed by atoms with Gasteiger partial charge in [-0.2, -0.15) is 0 Å². The van der Waals surface area contributed by atoms with Crippen molar-refractivity contribution in [3.05, 3.63) is 29.3 Å². The number of primary amides is 1. The number of morpholine rings is 1. The van der Waals surface area contributed by atoms with Gasteiger partial charge in [0, 0.05) is 31.4 Å². The van der Waals surface area contributed by atoms with Gasteiger partial charge < -0.3 is 21.5 Å². The van der Waals surface area contributed by atoms with E-state index in [1.807, 2.05) is 4.90 Å². The molecule has 2 rings (SSSR count). The van der Waals surface area contributed by atoms with Crippen molar-refractivity contribution in [1.82, 2.24) is 10.2 Å². The lowest BCUT2D eigenvalue weighted by Gasteiger charge is -2.34. The number of benzene rings is 1. The summed E-state index contributed by atoms with van der Waals surface area (Å²) in [7, 11) is 1.60. The zero-order chi connectivity index (χ0) is 15.4. The van der Waals surface area contributed by atoms with Crippen LogP contribution in [0, 0.1) is 0 Å². The molecule has 0 aromatic heterocycles. The van der Waals surface area contributed by atoms with Crippen LogP contribution in [0.4, 0.5) is 5.69 Å². The summed E-state index contributed by atoms with van der Waals surface area (Å²) < 4.78 is 5.36. The average molecular weight is 292 g/mol. The largest absolute Gasteiger partial charge is 0.398 e. The first-order chi connectivity index (χ1) is 10.0. The maximum absolute atomic E-state index is 11.9. The van der Waals surface area contributed by atoms with Crippen LogP contribution in [0.3, 0.4) is 0 Å². The molecule has 0 radical (unpaired) electrons. The number of nitrogen functional groups attached to an aromatic ring is 1. The highest BCUT2D eigenvalue weighted by atomic mass is 16.5. The Morgan fingerprint density at radius 2 is 2.24 bits per heavy atom. The number of carbonyl (C=O) groups is 2. The lowest BCUT2D eigenvalue weighted by atomic mass is 10.1. The Bertz CT molecular complexity index is 547. The smallest absolute Gasteiger partial charge is 0.248 e. The third-order valence-corrected chi connectivity index (χ3v) is 3.59. The molecule has 1 aromatic rings. The Morgan fingerprint density at radius 1 is 1.48 bits per heavy atom. The average Bonchev–Trinajstić information content (AvgIpc) is 2.49. The van der Waals surface area contributed by atoms with Crippen LogP contribution in [-0.2, 0) is 16.1 Å². The number of anilines is 1.